The largest absolute Gasteiger partial charge is 0.484 e. The molecule has 6 heteroatoms. The SMILES string of the molecule is CCc1cccc(OCC(=O)Nc2sc(C)c(C)c2C(=O)O)c1. The summed E-state index contributed by atoms with van der Waals surface area (Å²) in [5.74, 6) is -0.800. The van der Waals surface area contributed by atoms with Crippen molar-refractivity contribution in [1.82, 2.24) is 0 Å². The van der Waals surface area contributed by atoms with Crippen molar-refractivity contribution in [3.63, 3.8) is 0 Å². The van der Waals surface area contributed by atoms with Gasteiger partial charge in [0.15, 0.2) is 6.61 Å². The number of hydrogen-bond acceptors (Lipinski definition) is 4. The van der Waals surface area contributed by atoms with Crippen molar-refractivity contribution in [2.24, 2.45) is 0 Å². The Kier molecular flexibility index (Phi) is 5.39. The van der Waals surface area contributed by atoms with Crippen molar-refractivity contribution in [3.05, 3.63) is 45.8 Å². The zero-order valence-corrected chi connectivity index (χ0v) is 14.1. The van der Waals surface area contributed by atoms with Gasteiger partial charge in [-0.2, -0.15) is 0 Å². The number of thiophene rings is 1. The molecule has 0 spiro atoms. The normalized spacial score (nSPS) is 10.4. The van der Waals surface area contributed by atoms with E-state index in [4.69, 9.17) is 4.74 Å². The minimum atomic E-state index is -1.04. The summed E-state index contributed by atoms with van der Waals surface area (Å²) in [5, 5.41) is 12.2. The van der Waals surface area contributed by atoms with Gasteiger partial charge in [0.1, 0.15) is 10.8 Å². The average Bonchev–Trinajstić information content (AvgIpc) is 2.79. The zero-order valence-electron chi connectivity index (χ0n) is 13.3. The third-order valence-electron chi connectivity index (χ3n) is 3.53. The van der Waals surface area contributed by atoms with E-state index in [0.29, 0.717) is 16.3 Å². The van der Waals surface area contributed by atoms with Crippen LogP contribution in [0.4, 0.5) is 5.00 Å². The van der Waals surface area contributed by atoms with Crippen LogP contribution in [0, 0.1) is 13.8 Å². The van der Waals surface area contributed by atoms with Crippen molar-refractivity contribution in [2.75, 3.05) is 11.9 Å². The van der Waals surface area contributed by atoms with Crippen molar-refractivity contribution in [3.8, 4) is 5.75 Å². The summed E-state index contributed by atoms with van der Waals surface area (Å²) < 4.78 is 5.47. The second kappa shape index (κ2) is 7.28. The van der Waals surface area contributed by atoms with Crippen LogP contribution in [0.2, 0.25) is 0 Å². The molecule has 1 aromatic carbocycles. The van der Waals surface area contributed by atoms with E-state index in [-0.39, 0.29) is 18.1 Å². The summed E-state index contributed by atoms with van der Waals surface area (Å²) in [7, 11) is 0. The van der Waals surface area contributed by atoms with Crippen LogP contribution >= 0.6 is 11.3 Å². The number of rotatable bonds is 6. The van der Waals surface area contributed by atoms with Crippen molar-refractivity contribution >= 4 is 28.2 Å². The van der Waals surface area contributed by atoms with Gasteiger partial charge in [-0.05, 0) is 43.5 Å². The molecule has 1 heterocycles. The van der Waals surface area contributed by atoms with Crippen LogP contribution in [-0.4, -0.2) is 23.6 Å². The molecule has 2 rings (SSSR count). The lowest BCUT2D eigenvalue weighted by Crippen LogP contribution is -2.20. The number of anilines is 1. The smallest absolute Gasteiger partial charge is 0.338 e. The monoisotopic (exact) mass is 333 g/mol. The first-order chi connectivity index (χ1) is 10.9. The zero-order chi connectivity index (χ0) is 17.0. The lowest BCUT2D eigenvalue weighted by molar-refractivity contribution is -0.118. The Hall–Kier alpha value is -2.34. The summed E-state index contributed by atoms with van der Waals surface area (Å²) in [4.78, 5) is 24.2. The second-order valence-corrected chi connectivity index (χ2v) is 6.36. The van der Waals surface area contributed by atoms with Crippen LogP contribution in [0.5, 0.6) is 5.75 Å². The van der Waals surface area contributed by atoms with Gasteiger partial charge in [0.05, 0.1) is 5.56 Å². The maximum atomic E-state index is 12.0. The Morgan fingerprint density at radius 2 is 2.04 bits per heavy atom. The number of carbonyl (C=O) groups is 2. The third-order valence-corrected chi connectivity index (χ3v) is 4.65. The number of amides is 1. The summed E-state index contributed by atoms with van der Waals surface area (Å²) in [5.41, 5.74) is 1.95. The highest BCUT2D eigenvalue weighted by Crippen LogP contribution is 2.32. The molecule has 0 bridgehead atoms. The Balaban J connectivity index is 2.03. The average molecular weight is 333 g/mol. The molecule has 1 aromatic heterocycles. The molecule has 0 aliphatic rings. The molecule has 0 atom stereocenters. The highest BCUT2D eigenvalue weighted by molar-refractivity contribution is 7.16. The minimum absolute atomic E-state index is 0.147. The van der Waals surface area contributed by atoms with Crippen LogP contribution in [0.25, 0.3) is 0 Å². The number of aromatic carboxylic acids is 1. The van der Waals surface area contributed by atoms with Crippen LogP contribution in [-0.2, 0) is 11.2 Å². The summed E-state index contributed by atoms with van der Waals surface area (Å²) in [6, 6.07) is 7.54. The van der Waals surface area contributed by atoms with Crippen molar-refractivity contribution in [1.29, 1.82) is 0 Å². The Morgan fingerprint density at radius 1 is 1.30 bits per heavy atom. The maximum Gasteiger partial charge on any atom is 0.338 e. The molecular formula is C17H19NO4S. The number of carboxylic acid groups (broad SMARTS) is 1. The van der Waals surface area contributed by atoms with Gasteiger partial charge in [0.2, 0.25) is 0 Å². The Labute approximate surface area is 138 Å². The van der Waals surface area contributed by atoms with Crippen molar-refractivity contribution < 1.29 is 19.4 Å². The molecule has 0 saturated heterocycles. The number of ether oxygens (including phenoxy) is 1. The number of benzene rings is 1. The predicted molar refractivity (Wildman–Crippen MR) is 90.7 cm³/mol. The number of aryl methyl sites for hydroxylation is 2. The minimum Gasteiger partial charge on any atom is -0.484 e. The van der Waals surface area contributed by atoms with E-state index in [1.165, 1.54) is 11.3 Å². The molecule has 0 aliphatic heterocycles. The fraction of sp³-hybridized carbons (Fsp3) is 0.294. The Bertz CT molecular complexity index is 736. The number of nitrogens with one attached hydrogen (secondary N) is 1. The van der Waals surface area contributed by atoms with Gasteiger partial charge in [-0.3, -0.25) is 4.79 Å². The Morgan fingerprint density at radius 3 is 2.70 bits per heavy atom. The first-order valence-corrected chi connectivity index (χ1v) is 8.08. The lowest BCUT2D eigenvalue weighted by atomic mass is 10.1. The fourth-order valence-electron chi connectivity index (χ4n) is 2.14. The van der Waals surface area contributed by atoms with Gasteiger partial charge in [0, 0.05) is 4.88 Å². The van der Waals surface area contributed by atoms with E-state index in [9.17, 15) is 14.7 Å². The van der Waals surface area contributed by atoms with Gasteiger partial charge >= 0.3 is 5.97 Å². The van der Waals surface area contributed by atoms with E-state index >= 15 is 0 Å². The van der Waals surface area contributed by atoms with Crippen LogP contribution in [0.3, 0.4) is 0 Å². The molecule has 0 unspecified atom stereocenters. The molecule has 0 fully saturated rings. The van der Waals surface area contributed by atoms with E-state index in [2.05, 4.69) is 5.32 Å². The number of carboxylic acids is 1. The lowest BCUT2D eigenvalue weighted by Gasteiger charge is -2.08. The summed E-state index contributed by atoms with van der Waals surface area (Å²) >= 11 is 1.26. The maximum absolute atomic E-state index is 12.0. The van der Waals surface area contributed by atoms with E-state index in [1.807, 2.05) is 32.0 Å². The summed E-state index contributed by atoms with van der Waals surface area (Å²) in [6.45, 7) is 5.44. The molecule has 5 nitrogen and oxygen atoms in total. The van der Waals surface area contributed by atoms with Gasteiger partial charge in [-0.15, -0.1) is 11.3 Å². The second-order valence-electron chi connectivity index (χ2n) is 5.13. The van der Waals surface area contributed by atoms with E-state index in [0.717, 1.165) is 16.9 Å². The predicted octanol–water partition coefficient (Wildman–Crippen LogP) is 3.64. The molecule has 0 aliphatic carbocycles. The molecule has 122 valence electrons. The van der Waals surface area contributed by atoms with Gasteiger partial charge in [-0.25, -0.2) is 4.79 Å². The highest BCUT2D eigenvalue weighted by atomic mass is 32.1. The molecule has 2 aromatic rings. The van der Waals surface area contributed by atoms with Crippen LogP contribution in [0.1, 0.15) is 33.3 Å². The quantitative estimate of drug-likeness (QED) is 0.846. The van der Waals surface area contributed by atoms with Crippen molar-refractivity contribution in [2.45, 2.75) is 27.2 Å². The van der Waals surface area contributed by atoms with E-state index < -0.39 is 5.97 Å². The molecule has 0 radical (unpaired) electrons. The fourth-order valence-corrected chi connectivity index (χ4v) is 3.21. The molecule has 1 amide bonds. The highest BCUT2D eigenvalue weighted by Gasteiger charge is 2.20. The van der Waals surface area contributed by atoms with Gasteiger partial charge < -0.3 is 15.2 Å². The first kappa shape index (κ1) is 17.0. The molecule has 2 N–H and O–H groups in total. The van der Waals surface area contributed by atoms with Crippen LogP contribution in [0.15, 0.2) is 24.3 Å². The molecule has 0 saturated carbocycles. The van der Waals surface area contributed by atoms with Gasteiger partial charge in [-0.1, -0.05) is 19.1 Å². The summed E-state index contributed by atoms with van der Waals surface area (Å²) in [6.07, 6.45) is 0.888. The van der Waals surface area contributed by atoms with E-state index in [1.54, 1.807) is 13.0 Å². The van der Waals surface area contributed by atoms with Crippen LogP contribution < -0.4 is 10.1 Å². The topological polar surface area (TPSA) is 75.6 Å². The standard InChI is InChI=1S/C17H19NO4S/c1-4-12-6-5-7-13(8-12)22-9-14(19)18-16-15(17(20)21)10(2)11(3)23-16/h5-8H,4,9H2,1-3H3,(H,18,19)(H,20,21). The number of carbonyl (C=O) groups excluding carboxylic acids is 1. The number of hydrogen-bond donors (Lipinski definition) is 2. The third kappa shape index (κ3) is 4.10. The molecular weight excluding hydrogens is 314 g/mol. The first-order valence-electron chi connectivity index (χ1n) is 7.27. The van der Waals surface area contributed by atoms with Gasteiger partial charge in [0.25, 0.3) is 5.91 Å². The molecule has 23 heavy (non-hydrogen) atoms.